The lowest BCUT2D eigenvalue weighted by atomic mass is 10.00. The molecule has 4 aromatic rings. The number of anilines is 1. The van der Waals surface area contributed by atoms with Crippen molar-refractivity contribution in [2.75, 3.05) is 17.6 Å². The smallest absolute Gasteiger partial charge is 0.170 e. The zero-order valence-corrected chi connectivity index (χ0v) is 17.9. The highest BCUT2D eigenvalue weighted by molar-refractivity contribution is 7.99. The van der Waals surface area contributed by atoms with Crippen LogP contribution in [0.2, 0.25) is 0 Å². The van der Waals surface area contributed by atoms with Gasteiger partial charge in [0.25, 0.3) is 0 Å². The number of nitrogens with zero attached hydrogens (tertiary/aromatic N) is 4. The maximum atomic E-state index is 14.2. The van der Waals surface area contributed by atoms with Gasteiger partial charge in [0, 0.05) is 30.0 Å². The molecule has 0 spiro atoms. The summed E-state index contributed by atoms with van der Waals surface area (Å²) in [7, 11) is 0. The van der Waals surface area contributed by atoms with Crippen LogP contribution in [0.25, 0.3) is 22.3 Å². The second-order valence-electron chi connectivity index (χ2n) is 7.55. The summed E-state index contributed by atoms with van der Waals surface area (Å²) in [6.07, 6.45) is 1.80. The van der Waals surface area contributed by atoms with Crippen molar-refractivity contribution >= 4 is 28.7 Å². The van der Waals surface area contributed by atoms with Gasteiger partial charge >= 0.3 is 0 Å². The number of hydrogen-bond acceptors (Lipinski definition) is 6. The van der Waals surface area contributed by atoms with Gasteiger partial charge in [-0.15, -0.1) is 0 Å². The molecule has 0 bridgehead atoms. The lowest BCUT2D eigenvalue weighted by Gasteiger charge is -2.13. The molecule has 5 rings (SSSR count). The van der Waals surface area contributed by atoms with Gasteiger partial charge in [-0.2, -0.15) is 0 Å². The van der Waals surface area contributed by atoms with E-state index in [0.29, 0.717) is 29.9 Å². The number of phenols is 1. The normalized spacial score (nSPS) is 13.4. The van der Waals surface area contributed by atoms with Gasteiger partial charge in [-0.3, -0.25) is 0 Å². The van der Waals surface area contributed by atoms with Crippen LogP contribution in [0.3, 0.4) is 0 Å². The SMILES string of the molecule is Cc1nc(NCCc2ccc(O)c(-c3ccccc3F)c2)c2nc3n(c2n1)CCCS3. The first-order valence-electron chi connectivity index (χ1n) is 10.3. The number of aromatic nitrogens is 4. The standard InChI is InChI=1S/C23H22FN5OS/c1-14-26-21(20-22(27-14)29-11-4-12-31-23(29)28-20)25-10-9-15-7-8-19(30)17(13-15)16-5-2-3-6-18(16)24/h2-3,5-8,13,30H,4,9-12H2,1H3,(H,25,26,27). The highest BCUT2D eigenvalue weighted by atomic mass is 32.2. The minimum absolute atomic E-state index is 0.0658. The third kappa shape index (κ3) is 3.83. The lowest BCUT2D eigenvalue weighted by molar-refractivity contribution is 0.476. The summed E-state index contributed by atoms with van der Waals surface area (Å²) in [6, 6.07) is 11.8. The monoisotopic (exact) mass is 435 g/mol. The highest BCUT2D eigenvalue weighted by Crippen LogP contribution is 2.33. The summed E-state index contributed by atoms with van der Waals surface area (Å²) in [6.45, 7) is 3.45. The predicted molar refractivity (Wildman–Crippen MR) is 121 cm³/mol. The first kappa shape index (κ1) is 19.8. The van der Waals surface area contributed by atoms with Crippen molar-refractivity contribution < 1.29 is 9.50 Å². The van der Waals surface area contributed by atoms with Crippen molar-refractivity contribution in [2.24, 2.45) is 0 Å². The molecular weight excluding hydrogens is 413 g/mol. The van der Waals surface area contributed by atoms with E-state index in [1.807, 2.05) is 19.1 Å². The Bertz CT molecular complexity index is 1270. The van der Waals surface area contributed by atoms with E-state index in [1.54, 1.807) is 36.0 Å². The Kier molecular flexibility index (Phi) is 5.23. The van der Waals surface area contributed by atoms with Gasteiger partial charge in [0.05, 0.1) is 0 Å². The molecule has 158 valence electrons. The van der Waals surface area contributed by atoms with Crippen LogP contribution in [0.4, 0.5) is 10.2 Å². The van der Waals surface area contributed by atoms with Crippen LogP contribution in [-0.2, 0) is 13.0 Å². The minimum Gasteiger partial charge on any atom is -0.507 e. The summed E-state index contributed by atoms with van der Waals surface area (Å²) < 4.78 is 16.4. The molecule has 0 atom stereocenters. The largest absolute Gasteiger partial charge is 0.507 e. The zero-order chi connectivity index (χ0) is 21.4. The Morgan fingerprint density at radius 3 is 2.87 bits per heavy atom. The molecule has 0 saturated heterocycles. The van der Waals surface area contributed by atoms with E-state index < -0.39 is 0 Å². The van der Waals surface area contributed by atoms with Crippen LogP contribution in [-0.4, -0.2) is 36.9 Å². The fourth-order valence-corrected chi connectivity index (χ4v) is 4.82. The second kappa shape index (κ2) is 8.19. The Balaban J connectivity index is 1.37. The molecule has 0 fully saturated rings. The molecule has 1 aliphatic rings. The topological polar surface area (TPSA) is 75.9 Å². The Morgan fingerprint density at radius 1 is 1.13 bits per heavy atom. The molecule has 3 heterocycles. The number of nitrogens with one attached hydrogen (secondary N) is 1. The number of fused-ring (bicyclic) bond motifs is 3. The third-order valence-electron chi connectivity index (χ3n) is 5.36. The molecule has 2 aromatic carbocycles. The third-order valence-corrected chi connectivity index (χ3v) is 6.42. The summed E-state index contributed by atoms with van der Waals surface area (Å²) in [5.41, 5.74) is 3.56. The summed E-state index contributed by atoms with van der Waals surface area (Å²) in [5, 5.41) is 14.6. The van der Waals surface area contributed by atoms with Crippen molar-refractivity contribution in [3.63, 3.8) is 0 Å². The molecule has 0 amide bonds. The molecule has 1 aliphatic heterocycles. The van der Waals surface area contributed by atoms with E-state index in [4.69, 9.17) is 4.98 Å². The number of rotatable bonds is 5. The molecule has 0 saturated carbocycles. The number of aryl methyl sites for hydroxylation is 2. The summed E-state index contributed by atoms with van der Waals surface area (Å²) in [4.78, 5) is 13.9. The zero-order valence-electron chi connectivity index (χ0n) is 17.1. The number of halogens is 1. The Labute approximate surface area is 183 Å². The molecule has 8 heteroatoms. The van der Waals surface area contributed by atoms with Crippen molar-refractivity contribution in [1.82, 2.24) is 19.5 Å². The van der Waals surface area contributed by atoms with Crippen LogP contribution in [0, 0.1) is 12.7 Å². The van der Waals surface area contributed by atoms with Crippen LogP contribution in [0.15, 0.2) is 47.6 Å². The van der Waals surface area contributed by atoms with Crippen molar-refractivity contribution in [3.05, 3.63) is 59.7 Å². The lowest BCUT2D eigenvalue weighted by Crippen LogP contribution is -2.10. The van der Waals surface area contributed by atoms with E-state index in [9.17, 15) is 9.50 Å². The van der Waals surface area contributed by atoms with Gasteiger partial charge in [-0.05, 0) is 43.5 Å². The molecule has 0 unspecified atom stereocenters. The molecule has 2 aromatic heterocycles. The summed E-state index contributed by atoms with van der Waals surface area (Å²) >= 11 is 1.75. The maximum Gasteiger partial charge on any atom is 0.170 e. The molecule has 0 radical (unpaired) electrons. The molecular formula is C23H22FN5OS. The molecule has 6 nitrogen and oxygen atoms in total. The van der Waals surface area contributed by atoms with Crippen LogP contribution in [0.5, 0.6) is 5.75 Å². The van der Waals surface area contributed by atoms with Crippen LogP contribution < -0.4 is 5.32 Å². The Morgan fingerprint density at radius 2 is 2.00 bits per heavy atom. The van der Waals surface area contributed by atoms with E-state index in [0.717, 1.165) is 46.4 Å². The van der Waals surface area contributed by atoms with Crippen LogP contribution >= 0.6 is 11.8 Å². The average molecular weight is 436 g/mol. The van der Waals surface area contributed by atoms with Gasteiger partial charge in [0.2, 0.25) is 0 Å². The van der Waals surface area contributed by atoms with Crippen molar-refractivity contribution in [3.8, 4) is 16.9 Å². The predicted octanol–water partition coefficient (Wildman–Crippen LogP) is 4.80. The molecule has 2 N–H and O–H groups in total. The van der Waals surface area contributed by atoms with Gasteiger partial charge in [0.1, 0.15) is 17.4 Å². The van der Waals surface area contributed by atoms with Gasteiger partial charge in [0.15, 0.2) is 22.1 Å². The van der Waals surface area contributed by atoms with Crippen molar-refractivity contribution in [1.29, 1.82) is 0 Å². The molecule has 0 aliphatic carbocycles. The van der Waals surface area contributed by atoms with Crippen molar-refractivity contribution in [2.45, 2.75) is 31.5 Å². The fourth-order valence-electron chi connectivity index (χ4n) is 3.87. The van der Waals surface area contributed by atoms with E-state index in [2.05, 4.69) is 19.9 Å². The first-order valence-corrected chi connectivity index (χ1v) is 11.3. The van der Waals surface area contributed by atoms with Gasteiger partial charge < -0.3 is 15.0 Å². The van der Waals surface area contributed by atoms with Gasteiger partial charge in [-0.25, -0.2) is 19.3 Å². The van der Waals surface area contributed by atoms with E-state index in [1.165, 1.54) is 6.07 Å². The van der Waals surface area contributed by atoms with Crippen LogP contribution in [0.1, 0.15) is 17.8 Å². The maximum absolute atomic E-state index is 14.2. The van der Waals surface area contributed by atoms with E-state index >= 15 is 0 Å². The number of imidazole rings is 1. The number of hydrogen-bond donors (Lipinski definition) is 2. The van der Waals surface area contributed by atoms with Gasteiger partial charge in [-0.1, -0.05) is 36.0 Å². The molecule has 31 heavy (non-hydrogen) atoms. The number of benzene rings is 2. The first-order chi connectivity index (χ1) is 15.1. The average Bonchev–Trinajstić information content (AvgIpc) is 3.14. The van der Waals surface area contributed by atoms with E-state index in [-0.39, 0.29) is 11.6 Å². The summed E-state index contributed by atoms with van der Waals surface area (Å²) in [5.74, 6) is 2.23. The Hall–Kier alpha value is -3.13. The number of phenolic OH excluding ortho intramolecular Hbond substituents is 1. The second-order valence-corrected chi connectivity index (χ2v) is 8.61. The number of aromatic hydroxyl groups is 1. The number of thioether (sulfide) groups is 1. The highest BCUT2D eigenvalue weighted by Gasteiger charge is 2.19. The quantitative estimate of drug-likeness (QED) is 0.469. The fraction of sp³-hybridized carbons (Fsp3) is 0.261. The minimum atomic E-state index is -0.353.